The van der Waals surface area contributed by atoms with Crippen LogP contribution in [0.25, 0.3) is 0 Å². The number of carbonyl (C=O) groups is 1. The lowest BCUT2D eigenvalue weighted by atomic mass is 10.1. The summed E-state index contributed by atoms with van der Waals surface area (Å²) in [6.45, 7) is 1.50. The van der Waals surface area contributed by atoms with Crippen molar-refractivity contribution in [1.82, 2.24) is 4.90 Å². The third kappa shape index (κ3) is 2.98. The molecule has 1 fully saturated rings. The molecule has 0 amide bonds. The Labute approximate surface area is 109 Å². The van der Waals surface area contributed by atoms with Gasteiger partial charge in [0.05, 0.1) is 11.6 Å². The molecule has 0 saturated carbocycles. The summed E-state index contributed by atoms with van der Waals surface area (Å²) in [5.41, 5.74) is 0.466. The number of benzene rings is 1. The molecule has 0 radical (unpaired) electrons. The minimum absolute atomic E-state index is 0.0792. The highest BCUT2D eigenvalue weighted by Gasteiger charge is 2.26. The summed E-state index contributed by atoms with van der Waals surface area (Å²) in [5, 5.41) is 8.95. The van der Waals surface area contributed by atoms with Crippen LogP contribution in [0.2, 0.25) is 5.02 Å². The van der Waals surface area contributed by atoms with Crippen LogP contribution in [0, 0.1) is 5.82 Å². The topological polar surface area (TPSA) is 49.8 Å². The van der Waals surface area contributed by atoms with Crippen LogP contribution in [0.15, 0.2) is 18.2 Å². The number of halogens is 2. The maximum Gasteiger partial charge on any atom is 0.334 e. The fourth-order valence-electron chi connectivity index (χ4n) is 1.91. The minimum Gasteiger partial charge on any atom is -0.479 e. The average molecular weight is 274 g/mol. The van der Waals surface area contributed by atoms with E-state index in [4.69, 9.17) is 21.4 Å². The number of rotatable bonds is 3. The van der Waals surface area contributed by atoms with Crippen LogP contribution in [0.4, 0.5) is 4.39 Å². The van der Waals surface area contributed by atoms with Gasteiger partial charge in [-0.1, -0.05) is 23.7 Å². The van der Waals surface area contributed by atoms with E-state index < -0.39 is 17.9 Å². The number of hydrogen-bond acceptors (Lipinski definition) is 3. The Morgan fingerprint density at radius 1 is 1.61 bits per heavy atom. The lowest BCUT2D eigenvalue weighted by Crippen LogP contribution is -2.45. The predicted octanol–water partition coefficient (Wildman–Crippen LogP) is 1.76. The van der Waals surface area contributed by atoms with Crippen molar-refractivity contribution >= 4 is 17.6 Å². The molecule has 1 aromatic carbocycles. The molecule has 1 heterocycles. The fourth-order valence-corrected chi connectivity index (χ4v) is 2.10. The molecule has 4 nitrogen and oxygen atoms in total. The minimum atomic E-state index is -0.994. The molecule has 0 aliphatic carbocycles. The predicted molar refractivity (Wildman–Crippen MR) is 64.1 cm³/mol. The third-order valence-electron chi connectivity index (χ3n) is 2.85. The second-order valence-corrected chi connectivity index (χ2v) is 4.55. The number of morpholine rings is 1. The number of hydrogen-bond donors (Lipinski definition) is 1. The van der Waals surface area contributed by atoms with E-state index in [1.165, 1.54) is 6.07 Å². The molecule has 1 aliphatic heterocycles. The van der Waals surface area contributed by atoms with Crippen molar-refractivity contribution in [2.45, 2.75) is 12.6 Å². The van der Waals surface area contributed by atoms with Crippen LogP contribution in [0.5, 0.6) is 0 Å². The van der Waals surface area contributed by atoms with Gasteiger partial charge < -0.3 is 9.84 Å². The molecule has 6 heteroatoms. The van der Waals surface area contributed by atoms with E-state index in [2.05, 4.69) is 0 Å². The molecule has 0 aromatic heterocycles. The largest absolute Gasteiger partial charge is 0.479 e. The Kier molecular flexibility index (Phi) is 4.16. The number of aliphatic carboxylic acids is 1. The van der Waals surface area contributed by atoms with E-state index in [0.29, 0.717) is 25.3 Å². The lowest BCUT2D eigenvalue weighted by Gasteiger charge is -2.30. The quantitative estimate of drug-likeness (QED) is 0.912. The molecule has 0 bridgehead atoms. The van der Waals surface area contributed by atoms with Gasteiger partial charge in [-0.15, -0.1) is 0 Å². The highest BCUT2D eigenvalue weighted by Crippen LogP contribution is 2.20. The van der Waals surface area contributed by atoms with Crippen molar-refractivity contribution in [3.63, 3.8) is 0 Å². The summed E-state index contributed by atoms with van der Waals surface area (Å²) < 4.78 is 18.8. The van der Waals surface area contributed by atoms with Crippen LogP contribution >= 0.6 is 11.6 Å². The molecular formula is C12H13ClFNO3. The van der Waals surface area contributed by atoms with E-state index >= 15 is 0 Å². The van der Waals surface area contributed by atoms with Gasteiger partial charge in [-0.25, -0.2) is 9.18 Å². The summed E-state index contributed by atoms with van der Waals surface area (Å²) in [4.78, 5) is 12.7. The first-order valence-corrected chi connectivity index (χ1v) is 5.95. The molecule has 1 atom stereocenters. The van der Waals surface area contributed by atoms with Crippen molar-refractivity contribution in [2.24, 2.45) is 0 Å². The van der Waals surface area contributed by atoms with Gasteiger partial charge >= 0.3 is 5.97 Å². The second kappa shape index (κ2) is 5.65. The summed E-state index contributed by atoms with van der Waals surface area (Å²) in [5.74, 6) is -1.44. The molecule has 1 aromatic rings. The summed E-state index contributed by atoms with van der Waals surface area (Å²) in [6, 6.07) is 4.81. The first-order chi connectivity index (χ1) is 8.58. The van der Waals surface area contributed by atoms with Gasteiger partial charge in [0.1, 0.15) is 5.82 Å². The first kappa shape index (κ1) is 13.3. The average Bonchev–Trinajstić information content (AvgIpc) is 2.35. The van der Waals surface area contributed by atoms with Crippen LogP contribution in [0.3, 0.4) is 0 Å². The normalized spacial score (nSPS) is 20.9. The Balaban J connectivity index is 2.05. The zero-order chi connectivity index (χ0) is 13.1. The van der Waals surface area contributed by atoms with Crippen molar-refractivity contribution in [3.8, 4) is 0 Å². The number of carboxylic acid groups (broad SMARTS) is 1. The summed E-state index contributed by atoms with van der Waals surface area (Å²) in [7, 11) is 0. The van der Waals surface area contributed by atoms with Crippen molar-refractivity contribution < 1.29 is 19.0 Å². The maximum absolute atomic E-state index is 13.7. The Hall–Kier alpha value is -1.17. The fraction of sp³-hybridized carbons (Fsp3) is 0.417. The van der Waals surface area contributed by atoms with Gasteiger partial charge in [0.25, 0.3) is 0 Å². The van der Waals surface area contributed by atoms with E-state index in [1.807, 2.05) is 4.90 Å². The van der Waals surface area contributed by atoms with Gasteiger partial charge in [-0.3, -0.25) is 4.90 Å². The number of nitrogens with zero attached hydrogens (tertiary/aromatic N) is 1. The van der Waals surface area contributed by atoms with Gasteiger partial charge in [-0.2, -0.15) is 0 Å². The molecule has 1 unspecified atom stereocenters. The molecule has 0 spiro atoms. The molecule has 1 saturated heterocycles. The SMILES string of the molecule is O=C(O)C1CN(Cc2cccc(Cl)c2F)CCO1. The van der Waals surface area contributed by atoms with Gasteiger partial charge in [0, 0.05) is 25.2 Å². The molecule has 98 valence electrons. The van der Waals surface area contributed by atoms with E-state index in [0.717, 1.165) is 0 Å². The molecule has 2 rings (SSSR count). The third-order valence-corrected chi connectivity index (χ3v) is 3.14. The molecule has 1 aliphatic rings. The zero-order valence-electron chi connectivity index (χ0n) is 9.60. The van der Waals surface area contributed by atoms with E-state index in [1.54, 1.807) is 12.1 Å². The molecule has 18 heavy (non-hydrogen) atoms. The van der Waals surface area contributed by atoms with Crippen LogP contribution in [-0.4, -0.2) is 41.8 Å². The monoisotopic (exact) mass is 273 g/mol. The first-order valence-electron chi connectivity index (χ1n) is 5.57. The number of carboxylic acids is 1. The summed E-state index contributed by atoms with van der Waals surface area (Å²) in [6.07, 6.45) is -0.846. The maximum atomic E-state index is 13.7. The lowest BCUT2D eigenvalue weighted by molar-refractivity contribution is -0.156. The van der Waals surface area contributed by atoms with Gasteiger partial charge in [-0.05, 0) is 6.07 Å². The van der Waals surface area contributed by atoms with Crippen LogP contribution in [0.1, 0.15) is 5.56 Å². The standard InChI is InChI=1S/C12H13ClFNO3/c13-9-3-1-2-8(11(9)14)6-15-4-5-18-10(7-15)12(16)17/h1-3,10H,4-7H2,(H,16,17). The smallest absolute Gasteiger partial charge is 0.334 e. The van der Waals surface area contributed by atoms with E-state index in [9.17, 15) is 9.18 Å². The Bertz CT molecular complexity index is 455. The summed E-state index contributed by atoms with van der Waals surface area (Å²) >= 11 is 5.70. The highest BCUT2D eigenvalue weighted by molar-refractivity contribution is 6.30. The van der Waals surface area contributed by atoms with Crippen LogP contribution < -0.4 is 0 Å². The van der Waals surface area contributed by atoms with Crippen molar-refractivity contribution in [2.75, 3.05) is 19.7 Å². The molecular weight excluding hydrogens is 261 g/mol. The Morgan fingerprint density at radius 2 is 2.39 bits per heavy atom. The van der Waals surface area contributed by atoms with E-state index in [-0.39, 0.29) is 11.6 Å². The van der Waals surface area contributed by atoms with Gasteiger partial charge in [0.2, 0.25) is 0 Å². The van der Waals surface area contributed by atoms with Crippen molar-refractivity contribution in [1.29, 1.82) is 0 Å². The highest BCUT2D eigenvalue weighted by atomic mass is 35.5. The Morgan fingerprint density at radius 3 is 3.11 bits per heavy atom. The van der Waals surface area contributed by atoms with Crippen molar-refractivity contribution in [3.05, 3.63) is 34.6 Å². The van der Waals surface area contributed by atoms with Crippen LogP contribution in [-0.2, 0) is 16.1 Å². The molecule has 1 N–H and O–H groups in total. The number of ether oxygens (including phenoxy) is 1. The second-order valence-electron chi connectivity index (χ2n) is 4.15. The van der Waals surface area contributed by atoms with Gasteiger partial charge in [0.15, 0.2) is 6.10 Å². The zero-order valence-corrected chi connectivity index (χ0v) is 10.4.